The highest BCUT2D eigenvalue weighted by atomic mass is 32.2. The van der Waals surface area contributed by atoms with Crippen LogP contribution in [0.3, 0.4) is 0 Å². The van der Waals surface area contributed by atoms with E-state index in [1.165, 1.54) is 24.4 Å². The number of hydrogen-bond acceptors (Lipinski definition) is 6. The summed E-state index contributed by atoms with van der Waals surface area (Å²) in [5.41, 5.74) is 2.96. The van der Waals surface area contributed by atoms with Crippen molar-refractivity contribution in [2.75, 3.05) is 11.3 Å². The fourth-order valence-corrected chi connectivity index (χ4v) is 6.16. The Labute approximate surface area is 232 Å². The summed E-state index contributed by atoms with van der Waals surface area (Å²) in [5.74, 6) is 0.378. The van der Waals surface area contributed by atoms with Gasteiger partial charge in [0.2, 0.25) is 0 Å². The fourth-order valence-electron chi connectivity index (χ4n) is 4.32. The van der Waals surface area contributed by atoms with E-state index in [1.54, 1.807) is 23.6 Å². The summed E-state index contributed by atoms with van der Waals surface area (Å²) in [6.45, 7) is 4.87. The Morgan fingerprint density at radius 3 is 2.55 bits per heavy atom. The van der Waals surface area contributed by atoms with Gasteiger partial charge in [-0.3, -0.25) is 9.52 Å². The molecule has 0 bridgehead atoms. The first-order valence-corrected chi connectivity index (χ1v) is 16.0. The van der Waals surface area contributed by atoms with E-state index in [0.29, 0.717) is 30.3 Å². The van der Waals surface area contributed by atoms with E-state index >= 15 is 0 Å². The second-order valence-electron chi connectivity index (χ2n) is 9.71. The number of carbonyl (C=O) groups excluding carboxylic acids is 1. The average Bonchev–Trinajstić information content (AvgIpc) is 3.38. The van der Waals surface area contributed by atoms with E-state index in [4.69, 9.17) is 4.74 Å². The summed E-state index contributed by atoms with van der Waals surface area (Å²) >= 11 is 1.22. The van der Waals surface area contributed by atoms with E-state index in [2.05, 4.69) is 22.9 Å². The van der Waals surface area contributed by atoms with Crippen molar-refractivity contribution in [1.29, 1.82) is 0 Å². The number of benzene rings is 2. The molecule has 1 aromatic heterocycles. The van der Waals surface area contributed by atoms with Gasteiger partial charge < -0.3 is 4.74 Å². The van der Waals surface area contributed by atoms with Crippen molar-refractivity contribution >= 4 is 33.2 Å². The quantitative estimate of drug-likeness (QED) is 0.135. The lowest BCUT2D eigenvalue weighted by Gasteiger charge is -2.14. The van der Waals surface area contributed by atoms with Gasteiger partial charge in [-0.05, 0) is 60.8 Å². The Bertz CT molecular complexity index is 1230. The molecule has 6 nitrogen and oxygen atoms in total. The molecule has 0 saturated heterocycles. The van der Waals surface area contributed by atoms with Crippen LogP contribution in [0.1, 0.15) is 77.2 Å². The van der Waals surface area contributed by atoms with Crippen molar-refractivity contribution in [3.05, 3.63) is 65.5 Å². The summed E-state index contributed by atoms with van der Waals surface area (Å²) in [6.07, 6.45) is 9.48. The Hall–Kier alpha value is -2.71. The molecule has 0 saturated carbocycles. The molecule has 2 aromatic carbocycles. The number of ether oxygens (including phenoxy) is 1. The fraction of sp³-hybridized carbons (Fsp3) is 0.467. The Morgan fingerprint density at radius 2 is 1.79 bits per heavy atom. The number of esters is 1. The molecule has 0 aliphatic rings. The minimum absolute atomic E-state index is 0.0957. The molecule has 0 spiro atoms. The van der Waals surface area contributed by atoms with E-state index in [1.807, 2.05) is 36.4 Å². The molecule has 1 atom stereocenters. The van der Waals surface area contributed by atoms with Gasteiger partial charge >= 0.3 is 5.97 Å². The van der Waals surface area contributed by atoms with Crippen LogP contribution in [-0.4, -0.2) is 25.4 Å². The zero-order valence-electron chi connectivity index (χ0n) is 22.5. The first-order chi connectivity index (χ1) is 18.4. The highest BCUT2D eigenvalue weighted by molar-refractivity contribution is 7.92. The van der Waals surface area contributed by atoms with Crippen molar-refractivity contribution in [1.82, 2.24) is 4.37 Å². The monoisotopic (exact) mass is 556 g/mol. The summed E-state index contributed by atoms with van der Waals surface area (Å²) < 4.78 is 38.8. The summed E-state index contributed by atoms with van der Waals surface area (Å²) in [4.78, 5) is 12.3. The smallest absolute Gasteiger partial charge is 0.305 e. The average molecular weight is 557 g/mol. The Kier molecular flexibility index (Phi) is 12.3. The summed E-state index contributed by atoms with van der Waals surface area (Å²) in [6, 6.07) is 16.6. The maximum absolute atomic E-state index is 13.1. The zero-order valence-corrected chi connectivity index (χ0v) is 24.2. The lowest BCUT2D eigenvalue weighted by molar-refractivity contribution is -0.145. The second-order valence-corrected chi connectivity index (χ2v) is 12.0. The predicted molar refractivity (Wildman–Crippen MR) is 156 cm³/mol. The van der Waals surface area contributed by atoms with Crippen molar-refractivity contribution in [2.24, 2.45) is 5.92 Å². The molecule has 3 rings (SSSR count). The standard InChI is InChI=1S/C30H40N2O4S2/c1-3-5-14-24(4-2)22-36-29(33)20-12-7-6-9-15-25-16-13-19-27(21-25)38(34,35)32-28-23-37-31-30(28)26-17-10-8-11-18-26/h8,10-11,13,16-19,21,23-24,32H,3-7,9,12,14-15,20,22H2,1-2H3. The number of aryl methyl sites for hydroxylation is 1. The molecular formula is C30H40N2O4S2. The molecule has 0 amide bonds. The normalized spacial score (nSPS) is 12.3. The Balaban J connectivity index is 1.42. The molecule has 3 aromatic rings. The number of sulfonamides is 1. The third-order valence-corrected chi connectivity index (χ3v) is 8.68. The van der Waals surface area contributed by atoms with Crippen LogP contribution in [0.15, 0.2) is 64.9 Å². The minimum atomic E-state index is -3.74. The van der Waals surface area contributed by atoms with Crippen molar-refractivity contribution < 1.29 is 17.9 Å². The van der Waals surface area contributed by atoms with Crippen LogP contribution in [-0.2, 0) is 26.0 Å². The highest BCUT2D eigenvalue weighted by Crippen LogP contribution is 2.30. The highest BCUT2D eigenvalue weighted by Gasteiger charge is 2.18. The van der Waals surface area contributed by atoms with Gasteiger partial charge in [0.15, 0.2) is 0 Å². The van der Waals surface area contributed by atoms with Gasteiger partial charge in [0, 0.05) is 17.4 Å². The minimum Gasteiger partial charge on any atom is -0.465 e. The van der Waals surface area contributed by atoms with Crippen LogP contribution in [0, 0.1) is 5.92 Å². The van der Waals surface area contributed by atoms with Crippen molar-refractivity contribution in [3.63, 3.8) is 0 Å². The van der Waals surface area contributed by atoms with Crippen LogP contribution in [0.2, 0.25) is 0 Å². The van der Waals surface area contributed by atoms with Crippen molar-refractivity contribution in [2.45, 2.75) is 83.0 Å². The molecular weight excluding hydrogens is 516 g/mol. The second kappa shape index (κ2) is 15.6. The topological polar surface area (TPSA) is 85.4 Å². The van der Waals surface area contributed by atoms with Crippen LogP contribution in [0.5, 0.6) is 0 Å². The van der Waals surface area contributed by atoms with Crippen LogP contribution >= 0.6 is 11.5 Å². The molecule has 0 aliphatic heterocycles. The third kappa shape index (κ3) is 9.55. The summed E-state index contributed by atoms with van der Waals surface area (Å²) in [7, 11) is -3.74. The van der Waals surface area contributed by atoms with Crippen LogP contribution in [0.4, 0.5) is 5.69 Å². The van der Waals surface area contributed by atoms with E-state index in [0.717, 1.165) is 56.1 Å². The molecule has 1 N–H and O–H groups in total. The predicted octanol–water partition coefficient (Wildman–Crippen LogP) is 7.86. The zero-order chi connectivity index (χ0) is 27.2. The third-order valence-electron chi connectivity index (χ3n) is 6.69. The van der Waals surface area contributed by atoms with E-state index in [9.17, 15) is 13.2 Å². The van der Waals surface area contributed by atoms with Crippen LogP contribution < -0.4 is 4.72 Å². The molecule has 0 aliphatic carbocycles. The first kappa shape index (κ1) is 29.8. The maximum atomic E-state index is 13.1. The van der Waals surface area contributed by atoms with Gasteiger partial charge in [-0.2, -0.15) is 4.37 Å². The van der Waals surface area contributed by atoms with Gasteiger partial charge in [-0.25, -0.2) is 8.42 Å². The molecule has 8 heteroatoms. The lowest BCUT2D eigenvalue weighted by Crippen LogP contribution is -2.13. The summed E-state index contributed by atoms with van der Waals surface area (Å²) in [5, 5.41) is 1.72. The van der Waals surface area contributed by atoms with Gasteiger partial charge in [0.05, 0.1) is 17.2 Å². The number of aromatic nitrogens is 1. The Morgan fingerprint density at radius 1 is 1.00 bits per heavy atom. The number of hydrogen-bond donors (Lipinski definition) is 1. The molecule has 0 fully saturated rings. The molecule has 1 heterocycles. The number of carbonyl (C=O) groups is 1. The largest absolute Gasteiger partial charge is 0.465 e. The molecule has 1 unspecified atom stereocenters. The van der Waals surface area contributed by atoms with Crippen LogP contribution in [0.25, 0.3) is 11.3 Å². The number of anilines is 1. The molecule has 38 heavy (non-hydrogen) atoms. The van der Waals surface area contributed by atoms with Gasteiger partial charge in [-0.1, -0.05) is 88.4 Å². The number of nitrogens with zero attached hydrogens (tertiary/aromatic N) is 1. The van der Waals surface area contributed by atoms with Gasteiger partial charge in [0.25, 0.3) is 10.0 Å². The number of rotatable bonds is 17. The van der Waals surface area contributed by atoms with Gasteiger partial charge in [-0.15, -0.1) is 0 Å². The first-order valence-electron chi connectivity index (χ1n) is 13.7. The molecule has 206 valence electrons. The number of unbranched alkanes of at least 4 members (excludes halogenated alkanes) is 4. The van der Waals surface area contributed by atoms with E-state index < -0.39 is 10.0 Å². The SMILES string of the molecule is CCCCC(CC)COC(=O)CCCCCCc1cccc(S(=O)(=O)Nc2csnc2-c2ccccc2)c1. The number of nitrogens with one attached hydrogen (secondary N) is 1. The van der Waals surface area contributed by atoms with Gasteiger partial charge in [0.1, 0.15) is 5.69 Å². The van der Waals surface area contributed by atoms with Crippen molar-refractivity contribution in [3.8, 4) is 11.3 Å². The lowest BCUT2D eigenvalue weighted by atomic mass is 10.0. The van der Waals surface area contributed by atoms with E-state index in [-0.39, 0.29) is 10.9 Å². The molecule has 0 radical (unpaired) electrons. The maximum Gasteiger partial charge on any atom is 0.305 e.